The summed E-state index contributed by atoms with van der Waals surface area (Å²) in [6.45, 7) is 0.695. The lowest BCUT2D eigenvalue weighted by Crippen LogP contribution is -2.40. The van der Waals surface area contributed by atoms with Gasteiger partial charge in [0.15, 0.2) is 5.11 Å². The molecule has 1 N–H and O–H groups in total. The molecule has 7 heteroatoms. The van der Waals surface area contributed by atoms with Gasteiger partial charge < -0.3 is 14.6 Å². The van der Waals surface area contributed by atoms with Crippen LogP contribution in [0.4, 0.5) is 18.9 Å². The zero-order chi connectivity index (χ0) is 16.2. The van der Waals surface area contributed by atoms with Crippen LogP contribution in [0.15, 0.2) is 47.1 Å². The second-order valence-electron chi connectivity index (χ2n) is 4.85. The molecule has 0 aliphatic rings. The van der Waals surface area contributed by atoms with Crippen molar-refractivity contribution < 1.29 is 17.6 Å². The summed E-state index contributed by atoms with van der Waals surface area (Å²) in [5.74, 6) is 0.414. The minimum absolute atomic E-state index is 0.000625. The summed E-state index contributed by atoms with van der Waals surface area (Å²) < 4.78 is 43.3. The maximum absolute atomic E-state index is 12.7. The molecule has 0 spiro atoms. The normalized spacial score (nSPS) is 11.3. The van der Waals surface area contributed by atoms with Gasteiger partial charge in [0.25, 0.3) is 0 Å². The number of nitrogens with one attached hydrogen (secondary N) is 1. The maximum Gasteiger partial charge on any atom is 0.406 e. The topological polar surface area (TPSA) is 28.4 Å². The highest BCUT2D eigenvalue weighted by molar-refractivity contribution is 7.80. The summed E-state index contributed by atoms with van der Waals surface area (Å²) in [7, 11) is 0. The molecule has 0 saturated carbocycles. The fraction of sp³-hybridized carbons (Fsp3) is 0.267. The SMILES string of the molecule is Cc1cccc(NC(=S)N(Cc2ccco2)CC(F)(F)F)c1. The van der Waals surface area contributed by atoms with E-state index in [9.17, 15) is 13.2 Å². The lowest BCUT2D eigenvalue weighted by atomic mass is 10.2. The van der Waals surface area contributed by atoms with Crippen molar-refractivity contribution in [3.8, 4) is 0 Å². The molecule has 0 aliphatic carbocycles. The van der Waals surface area contributed by atoms with E-state index in [1.54, 1.807) is 24.3 Å². The van der Waals surface area contributed by atoms with Crippen LogP contribution in [-0.2, 0) is 6.54 Å². The van der Waals surface area contributed by atoms with Crippen LogP contribution in [0.25, 0.3) is 0 Å². The molecular weight excluding hydrogens is 313 g/mol. The third kappa shape index (κ3) is 5.07. The Labute approximate surface area is 131 Å². The molecule has 0 bridgehead atoms. The molecule has 0 unspecified atom stereocenters. The monoisotopic (exact) mass is 328 g/mol. The Morgan fingerprint density at radius 3 is 2.64 bits per heavy atom. The van der Waals surface area contributed by atoms with Crippen LogP contribution in [0, 0.1) is 6.92 Å². The third-order valence-corrected chi connectivity index (χ3v) is 3.21. The van der Waals surface area contributed by atoms with E-state index in [0.717, 1.165) is 10.5 Å². The number of rotatable bonds is 4. The number of halogens is 3. The van der Waals surface area contributed by atoms with Gasteiger partial charge in [-0.2, -0.15) is 13.2 Å². The van der Waals surface area contributed by atoms with E-state index in [1.807, 2.05) is 19.1 Å². The molecule has 1 heterocycles. The average Bonchev–Trinajstić information content (AvgIpc) is 2.89. The minimum atomic E-state index is -4.36. The number of alkyl halides is 3. The molecular formula is C15H15F3N2OS. The van der Waals surface area contributed by atoms with Crippen LogP contribution >= 0.6 is 12.2 Å². The summed E-state index contributed by atoms with van der Waals surface area (Å²) in [6.07, 6.45) is -2.94. The highest BCUT2D eigenvalue weighted by Crippen LogP contribution is 2.20. The van der Waals surface area contributed by atoms with Gasteiger partial charge in [0, 0.05) is 5.69 Å². The number of furan rings is 1. The quantitative estimate of drug-likeness (QED) is 0.845. The molecule has 0 aliphatic heterocycles. The summed E-state index contributed by atoms with van der Waals surface area (Å²) in [4.78, 5) is 1.02. The molecule has 2 rings (SSSR count). The second-order valence-corrected chi connectivity index (χ2v) is 5.24. The number of nitrogens with zero attached hydrogens (tertiary/aromatic N) is 1. The Bertz CT molecular complexity index is 626. The lowest BCUT2D eigenvalue weighted by Gasteiger charge is -2.26. The summed E-state index contributed by atoms with van der Waals surface area (Å²) in [5.41, 5.74) is 1.64. The number of thiocarbonyl (C=S) groups is 1. The molecule has 0 saturated heterocycles. The lowest BCUT2D eigenvalue weighted by molar-refractivity contribution is -0.138. The standard InChI is InChI=1S/C15H15F3N2OS/c1-11-4-2-5-12(8-11)19-14(22)20(10-15(16,17)18)9-13-6-3-7-21-13/h2-8H,9-10H2,1H3,(H,19,22). The fourth-order valence-electron chi connectivity index (χ4n) is 1.93. The Hall–Kier alpha value is -2.02. The molecule has 1 aromatic carbocycles. The van der Waals surface area contributed by atoms with Gasteiger partial charge in [0.1, 0.15) is 12.3 Å². The van der Waals surface area contributed by atoms with Crippen molar-refractivity contribution in [1.29, 1.82) is 0 Å². The van der Waals surface area contributed by atoms with Crippen molar-refractivity contribution >= 4 is 23.0 Å². The van der Waals surface area contributed by atoms with Crippen molar-refractivity contribution in [2.24, 2.45) is 0 Å². The van der Waals surface area contributed by atoms with E-state index in [0.29, 0.717) is 11.4 Å². The van der Waals surface area contributed by atoms with Crippen LogP contribution in [0.1, 0.15) is 11.3 Å². The highest BCUT2D eigenvalue weighted by Gasteiger charge is 2.32. The number of benzene rings is 1. The summed E-state index contributed by atoms with van der Waals surface area (Å²) in [6, 6.07) is 10.5. The van der Waals surface area contributed by atoms with E-state index in [1.165, 1.54) is 6.26 Å². The van der Waals surface area contributed by atoms with Gasteiger partial charge in [0.2, 0.25) is 0 Å². The van der Waals surface area contributed by atoms with Crippen LogP contribution in [0.5, 0.6) is 0 Å². The van der Waals surface area contributed by atoms with Crippen molar-refractivity contribution in [3.63, 3.8) is 0 Å². The smallest absolute Gasteiger partial charge is 0.406 e. The first-order valence-electron chi connectivity index (χ1n) is 6.55. The van der Waals surface area contributed by atoms with E-state index >= 15 is 0 Å². The van der Waals surface area contributed by atoms with Gasteiger partial charge in [-0.15, -0.1) is 0 Å². The molecule has 0 radical (unpaired) electrons. The van der Waals surface area contributed by atoms with Gasteiger partial charge in [-0.05, 0) is 49.0 Å². The van der Waals surface area contributed by atoms with Crippen LogP contribution in [0.2, 0.25) is 0 Å². The van der Waals surface area contributed by atoms with E-state index in [4.69, 9.17) is 16.6 Å². The highest BCUT2D eigenvalue weighted by atomic mass is 32.1. The fourth-order valence-corrected chi connectivity index (χ4v) is 2.18. The first-order valence-corrected chi connectivity index (χ1v) is 6.96. The third-order valence-electron chi connectivity index (χ3n) is 2.85. The number of aryl methyl sites for hydroxylation is 1. The van der Waals surface area contributed by atoms with Gasteiger partial charge in [-0.25, -0.2) is 0 Å². The van der Waals surface area contributed by atoms with E-state index in [-0.39, 0.29) is 11.7 Å². The minimum Gasteiger partial charge on any atom is -0.467 e. The molecule has 1 aromatic heterocycles. The van der Waals surface area contributed by atoms with Crippen LogP contribution in [0.3, 0.4) is 0 Å². The van der Waals surface area contributed by atoms with Gasteiger partial charge in [0.05, 0.1) is 12.8 Å². The largest absolute Gasteiger partial charge is 0.467 e. The van der Waals surface area contributed by atoms with Gasteiger partial charge in [-0.1, -0.05) is 12.1 Å². The molecule has 22 heavy (non-hydrogen) atoms. The first kappa shape index (κ1) is 16.4. The van der Waals surface area contributed by atoms with Crippen molar-refractivity contribution in [2.45, 2.75) is 19.6 Å². The predicted molar refractivity (Wildman–Crippen MR) is 82.6 cm³/mol. The molecule has 0 amide bonds. The maximum atomic E-state index is 12.7. The zero-order valence-electron chi connectivity index (χ0n) is 11.9. The first-order chi connectivity index (χ1) is 10.3. The van der Waals surface area contributed by atoms with Crippen LogP contribution in [-0.4, -0.2) is 22.7 Å². The predicted octanol–water partition coefficient (Wildman–Crippen LogP) is 4.35. The van der Waals surface area contributed by atoms with Crippen molar-refractivity contribution in [1.82, 2.24) is 4.90 Å². The van der Waals surface area contributed by atoms with Crippen LogP contribution < -0.4 is 5.32 Å². The van der Waals surface area contributed by atoms with E-state index < -0.39 is 12.7 Å². The van der Waals surface area contributed by atoms with Crippen molar-refractivity contribution in [3.05, 3.63) is 54.0 Å². The number of hydrogen-bond acceptors (Lipinski definition) is 2. The van der Waals surface area contributed by atoms with Crippen molar-refractivity contribution in [2.75, 3.05) is 11.9 Å². The van der Waals surface area contributed by atoms with Gasteiger partial charge in [-0.3, -0.25) is 0 Å². The summed E-state index contributed by atoms with van der Waals surface area (Å²) in [5, 5.41) is 2.83. The average molecular weight is 328 g/mol. The number of hydrogen-bond donors (Lipinski definition) is 1. The molecule has 2 aromatic rings. The second kappa shape index (κ2) is 6.83. The number of anilines is 1. The zero-order valence-corrected chi connectivity index (χ0v) is 12.7. The molecule has 0 atom stereocenters. The summed E-state index contributed by atoms with van der Waals surface area (Å²) >= 11 is 5.12. The van der Waals surface area contributed by atoms with E-state index in [2.05, 4.69) is 5.32 Å². The molecule has 118 valence electrons. The Morgan fingerprint density at radius 2 is 2.05 bits per heavy atom. The Balaban J connectivity index is 2.11. The Morgan fingerprint density at radius 1 is 1.27 bits per heavy atom. The molecule has 0 fully saturated rings. The van der Waals surface area contributed by atoms with Gasteiger partial charge >= 0.3 is 6.18 Å². The molecule has 3 nitrogen and oxygen atoms in total. The Kier molecular flexibility index (Phi) is 5.07.